The van der Waals surface area contributed by atoms with Gasteiger partial charge in [-0.25, -0.2) is 0 Å². The highest BCUT2D eigenvalue weighted by molar-refractivity contribution is 7.26. The standard InChI is InChI=1S/C51H32OS/c1-51(2)41-21-11-9-15-32(41)33-24-23-31(26-42(33)51)46-34-16-5-7-18-36(34)47(37-19-8-6-17-35(37)46)40-28-45-48(38-20-10-12-22-44(38)53-45)49-39-25-29-13-3-4-14-30(29)27-43(39)52-50(40)49/h3-28H,1-2H3. The minimum atomic E-state index is -0.0785. The van der Waals surface area contributed by atoms with E-state index in [-0.39, 0.29) is 5.41 Å². The van der Waals surface area contributed by atoms with Crippen molar-refractivity contribution in [2.24, 2.45) is 0 Å². The quantitative estimate of drug-likeness (QED) is 0.164. The number of fused-ring (bicyclic) bond motifs is 13. The first-order valence-electron chi connectivity index (χ1n) is 18.4. The lowest BCUT2D eigenvalue weighted by atomic mass is 9.80. The molecular formula is C51H32OS. The summed E-state index contributed by atoms with van der Waals surface area (Å²) in [7, 11) is 0. The molecule has 0 atom stereocenters. The van der Waals surface area contributed by atoms with Gasteiger partial charge in [-0.1, -0.05) is 141 Å². The van der Waals surface area contributed by atoms with E-state index in [1.807, 2.05) is 11.3 Å². The molecule has 0 aliphatic heterocycles. The van der Waals surface area contributed by atoms with Gasteiger partial charge < -0.3 is 4.42 Å². The van der Waals surface area contributed by atoms with Crippen molar-refractivity contribution in [1.29, 1.82) is 0 Å². The van der Waals surface area contributed by atoms with E-state index in [1.54, 1.807) is 0 Å². The van der Waals surface area contributed by atoms with Crippen LogP contribution in [0.5, 0.6) is 0 Å². The van der Waals surface area contributed by atoms with Crippen molar-refractivity contribution in [2.45, 2.75) is 19.3 Å². The topological polar surface area (TPSA) is 13.1 Å². The second kappa shape index (κ2) is 10.4. The Morgan fingerprint density at radius 1 is 0.434 bits per heavy atom. The molecule has 248 valence electrons. The number of benzene rings is 9. The van der Waals surface area contributed by atoms with Crippen molar-refractivity contribution in [2.75, 3.05) is 0 Å². The summed E-state index contributed by atoms with van der Waals surface area (Å²) in [6.45, 7) is 4.74. The van der Waals surface area contributed by atoms with Crippen LogP contribution in [0.4, 0.5) is 0 Å². The molecule has 11 aromatic rings. The van der Waals surface area contributed by atoms with E-state index in [9.17, 15) is 0 Å². The Morgan fingerprint density at radius 3 is 1.79 bits per heavy atom. The molecule has 0 fully saturated rings. The van der Waals surface area contributed by atoms with E-state index in [0.717, 1.165) is 16.7 Å². The summed E-state index contributed by atoms with van der Waals surface area (Å²) in [5.74, 6) is 0. The molecule has 2 heterocycles. The second-order valence-electron chi connectivity index (χ2n) is 15.2. The number of furan rings is 1. The van der Waals surface area contributed by atoms with Gasteiger partial charge in [0.05, 0.1) is 0 Å². The number of rotatable bonds is 2. The molecule has 0 saturated carbocycles. The van der Waals surface area contributed by atoms with Crippen LogP contribution in [0.15, 0.2) is 162 Å². The Bertz CT molecular complexity index is 3320. The summed E-state index contributed by atoms with van der Waals surface area (Å²) in [6.07, 6.45) is 0. The highest BCUT2D eigenvalue weighted by Gasteiger charge is 2.35. The van der Waals surface area contributed by atoms with Crippen molar-refractivity contribution < 1.29 is 4.42 Å². The van der Waals surface area contributed by atoms with Crippen LogP contribution in [0, 0.1) is 0 Å². The molecular weight excluding hydrogens is 661 g/mol. The van der Waals surface area contributed by atoms with Crippen LogP contribution in [0.25, 0.3) is 108 Å². The molecule has 1 nitrogen and oxygen atoms in total. The van der Waals surface area contributed by atoms with E-state index in [1.165, 1.54) is 102 Å². The molecule has 0 radical (unpaired) electrons. The van der Waals surface area contributed by atoms with Crippen molar-refractivity contribution in [1.82, 2.24) is 0 Å². The maximum absolute atomic E-state index is 7.09. The van der Waals surface area contributed by atoms with Gasteiger partial charge in [-0.05, 0) is 96.0 Å². The van der Waals surface area contributed by atoms with Gasteiger partial charge in [0.1, 0.15) is 11.2 Å². The zero-order valence-corrected chi connectivity index (χ0v) is 30.1. The third kappa shape index (κ3) is 3.91. The van der Waals surface area contributed by atoms with Gasteiger partial charge in [-0.15, -0.1) is 11.3 Å². The average molecular weight is 693 g/mol. The summed E-state index contributed by atoms with van der Waals surface area (Å²) in [6, 6.07) is 58.5. The second-order valence-corrected chi connectivity index (χ2v) is 16.3. The van der Waals surface area contributed by atoms with Crippen LogP contribution in [-0.2, 0) is 5.41 Å². The lowest BCUT2D eigenvalue weighted by Crippen LogP contribution is -2.14. The highest BCUT2D eigenvalue weighted by Crippen LogP contribution is 2.53. The fourth-order valence-electron chi connectivity index (χ4n) is 9.62. The van der Waals surface area contributed by atoms with Gasteiger partial charge in [-0.3, -0.25) is 0 Å². The molecule has 1 aliphatic rings. The molecule has 9 aromatic carbocycles. The van der Waals surface area contributed by atoms with Crippen LogP contribution in [0.1, 0.15) is 25.0 Å². The molecule has 0 amide bonds. The lowest BCUT2D eigenvalue weighted by molar-refractivity contribution is 0.660. The van der Waals surface area contributed by atoms with Gasteiger partial charge in [0.15, 0.2) is 0 Å². The molecule has 0 bridgehead atoms. The first-order valence-corrected chi connectivity index (χ1v) is 19.2. The Kier molecular flexibility index (Phi) is 5.78. The molecule has 12 rings (SSSR count). The predicted octanol–water partition coefficient (Wildman–Crippen LogP) is 15.1. The van der Waals surface area contributed by atoms with Crippen LogP contribution in [0.3, 0.4) is 0 Å². The predicted molar refractivity (Wildman–Crippen MR) is 228 cm³/mol. The van der Waals surface area contributed by atoms with Gasteiger partial charge in [0.25, 0.3) is 0 Å². The van der Waals surface area contributed by atoms with E-state index in [2.05, 4.69) is 172 Å². The van der Waals surface area contributed by atoms with Crippen molar-refractivity contribution in [3.05, 3.63) is 169 Å². The molecule has 1 aliphatic carbocycles. The van der Waals surface area contributed by atoms with Crippen LogP contribution < -0.4 is 0 Å². The number of hydrogen-bond acceptors (Lipinski definition) is 2. The maximum Gasteiger partial charge on any atom is 0.144 e. The maximum atomic E-state index is 7.09. The summed E-state index contributed by atoms with van der Waals surface area (Å²) < 4.78 is 9.67. The number of thiophene rings is 1. The van der Waals surface area contributed by atoms with Gasteiger partial charge in [0, 0.05) is 47.5 Å². The average Bonchev–Trinajstić information content (AvgIpc) is 3.83. The first-order chi connectivity index (χ1) is 26.0. The van der Waals surface area contributed by atoms with E-state index in [4.69, 9.17) is 4.42 Å². The highest BCUT2D eigenvalue weighted by atomic mass is 32.1. The van der Waals surface area contributed by atoms with Gasteiger partial charge in [0.2, 0.25) is 0 Å². The molecule has 53 heavy (non-hydrogen) atoms. The summed E-state index contributed by atoms with van der Waals surface area (Å²) in [5.41, 5.74) is 12.2. The van der Waals surface area contributed by atoms with Crippen molar-refractivity contribution >= 4 is 85.8 Å². The number of hydrogen-bond donors (Lipinski definition) is 0. The summed E-state index contributed by atoms with van der Waals surface area (Å²) >= 11 is 1.88. The monoisotopic (exact) mass is 692 g/mol. The minimum absolute atomic E-state index is 0.0785. The van der Waals surface area contributed by atoms with E-state index >= 15 is 0 Å². The van der Waals surface area contributed by atoms with E-state index in [0.29, 0.717) is 0 Å². The third-order valence-electron chi connectivity index (χ3n) is 12.0. The Labute approximate surface area is 310 Å². The first kappa shape index (κ1) is 29.4. The smallest absolute Gasteiger partial charge is 0.144 e. The van der Waals surface area contributed by atoms with Crippen molar-refractivity contribution in [3.63, 3.8) is 0 Å². The van der Waals surface area contributed by atoms with Crippen LogP contribution in [-0.4, -0.2) is 0 Å². The Balaban J connectivity index is 1.21. The molecule has 0 saturated heterocycles. The normalized spacial score (nSPS) is 13.6. The molecule has 2 aromatic heterocycles. The van der Waals surface area contributed by atoms with E-state index < -0.39 is 0 Å². The Morgan fingerprint density at radius 2 is 1.04 bits per heavy atom. The van der Waals surface area contributed by atoms with Crippen LogP contribution >= 0.6 is 11.3 Å². The summed E-state index contributed by atoms with van der Waals surface area (Å²) in [4.78, 5) is 0. The van der Waals surface area contributed by atoms with Gasteiger partial charge >= 0.3 is 0 Å². The fourth-order valence-corrected chi connectivity index (χ4v) is 10.8. The molecule has 0 unspecified atom stereocenters. The summed E-state index contributed by atoms with van der Waals surface area (Å²) in [5, 5.41) is 12.3. The molecule has 2 heteroatoms. The van der Waals surface area contributed by atoms with Crippen LogP contribution in [0.2, 0.25) is 0 Å². The largest absolute Gasteiger partial charge is 0.455 e. The zero-order chi connectivity index (χ0) is 35.0. The minimum Gasteiger partial charge on any atom is -0.455 e. The SMILES string of the molecule is CC1(C)c2ccccc2-c2ccc(-c3c4ccccc4c(-c4cc5sc6ccccc6c5c5c4oc4cc6ccccc6cc45)c4ccccc34)cc21. The fraction of sp³-hybridized carbons (Fsp3) is 0.0588. The Hall–Kier alpha value is -6.22. The van der Waals surface area contributed by atoms with Gasteiger partial charge in [-0.2, -0.15) is 0 Å². The molecule has 0 spiro atoms. The lowest BCUT2D eigenvalue weighted by Gasteiger charge is -2.23. The third-order valence-corrected chi connectivity index (χ3v) is 13.1. The molecule has 0 N–H and O–H groups in total. The van der Waals surface area contributed by atoms with Crippen molar-refractivity contribution in [3.8, 4) is 33.4 Å². The zero-order valence-electron chi connectivity index (χ0n) is 29.3.